The molecule has 1 N–H and O–H groups in total. The number of hydrogen-bond donors (Lipinski definition) is 1. The monoisotopic (exact) mass is 410 g/mol. The summed E-state index contributed by atoms with van der Waals surface area (Å²) in [5.41, 5.74) is 0.287. The highest BCUT2D eigenvalue weighted by molar-refractivity contribution is 7.92. The molecule has 2 aromatic carbocycles. The number of benzene rings is 2. The molecule has 2 rings (SSSR count). The smallest absolute Gasteiger partial charge is 0.264 e. The van der Waals surface area contributed by atoms with Gasteiger partial charge < -0.3 is 10.1 Å². The lowest BCUT2D eigenvalue weighted by Gasteiger charge is -2.24. The van der Waals surface area contributed by atoms with Crippen LogP contribution in [0.2, 0.25) is 5.02 Å². The normalized spacial score (nSPS) is 11.1. The van der Waals surface area contributed by atoms with Crippen molar-refractivity contribution in [2.75, 3.05) is 24.5 Å². The molecule has 27 heavy (non-hydrogen) atoms. The Morgan fingerprint density at radius 1 is 1.19 bits per heavy atom. The number of amides is 1. The molecule has 0 atom stereocenters. The van der Waals surface area contributed by atoms with Crippen molar-refractivity contribution >= 4 is 33.2 Å². The number of anilines is 1. The maximum Gasteiger partial charge on any atom is 0.264 e. The predicted octanol–water partition coefficient (Wildman–Crippen LogP) is 3.46. The Morgan fingerprint density at radius 3 is 2.48 bits per heavy atom. The molecule has 8 heteroatoms. The second kappa shape index (κ2) is 9.62. The Labute approximate surface area is 165 Å². The summed E-state index contributed by atoms with van der Waals surface area (Å²) in [6.07, 6.45) is 1.76. The van der Waals surface area contributed by atoms with Crippen molar-refractivity contribution in [3.8, 4) is 5.75 Å². The average molecular weight is 411 g/mol. The Balaban J connectivity index is 2.39. The van der Waals surface area contributed by atoms with Crippen molar-refractivity contribution in [2.24, 2.45) is 0 Å². The summed E-state index contributed by atoms with van der Waals surface area (Å²) in [6, 6.07) is 12.6. The third-order valence-corrected chi connectivity index (χ3v) is 5.98. The molecule has 0 saturated carbocycles. The molecule has 6 nitrogen and oxygen atoms in total. The van der Waals surface area contributed by atoms with Crippen molar-refractivity contribution in [3.63, 3.8) is 0 Å². The van der Waals surface area contributed by atoms with Gasteiger partial charge in [-0.05, 0) is 36.8 Å². The summed E-state index contributed by atoms with van der Waals surface area (Å²) in [4.78, 5) is 12.4. The van der Waals surface area contributed by atoms with Gasteiger partial charge in [-0.25, -0.2) is 8.42 Å². The van der Waals surface area contributed by atoms with Crippen molar-refractivity contribution in [3.05, 3.63) is 53.6 Å². The summed E-state index contributed by atoms with van der Waals surface area (Å²) < 4.78 is 32.4. The minimum Gasteiger partial charge on any atom is -0.495 e. The molecule has 0 aliphatic heterocycles. The van der Waals surface area contributed by atoms with E-state index in [-0.39, 0.29) is 28.1 Å². The topological polar surface area (TPSA) is 75.7 Å². The fourth-order valence-corrected chi connectivity index (χ4v) is 4.12. The van der Waals surface area contributed by atoms with Gasteiger partial charge in [0.1, 0.15) is 12.3 Å². The highest BCUT2D eigenvalue weighted by Crippen LogP contribution is 2.31. The van der Waals surface area contributed by atoms with Crippen molar-refractivity contribution in [1.82, 2.24) is 5.32 Å². The lowest BCUT2D eigenvalue weighted by Crippen LogP contribution is -2.41. The number of sulfonamides is 1. The fourth-order valence-electron chi connectivity index (χ4n) is 2.44. The van der Waals surface area contributed by atoms with Crippen LogP contribution in [-0.4, -0.2) is 34.5 Å². The van der Waals surface area contributed by atoms with Gasteiger partial charge in [-0.2, -0.15) is 0 Å². The molecular formula is C19H23ClN2O4S. The van der Waals surface area contributed by atoms with Crippen LogP contribution in [0.3, 0.4) is 0 Å². The molecule has 0 saturated heterocycles. The lowest BCUT2D eigenvalue weighted by atomic mass is 10.3. The Kier molecular flexibility index (Phi) is 7.50. The average Bonchev–Trinajstić information content (AvgIpc) is 2.67. The molecule has 0 heterocycles. The first-order valence-electron chi connectivity index (χ1n) is 8.58. The number of carbonyl (C=O) groups is 1. The Hall–Kier alpha value is -2.25. The van der Waals surface area contributed by atoms with Gasteiger partial charge in [0.2, 0.25) is 5.91 Å². The summed E-state index contributed by atoms with van der Waals surface area (Å²) in [7, 11) is -2.47. The predicted molar refractivity (Wildman–Crippen MR) is 107 cm³/mol. The van der Waals surface area contributed by atoms with E-state index < -0.39 is 10.0 Å². The van der Waals surface area contributed by atoms with E-state index in [1.165, 1.54) is 25.3 Å². The van der Waals surface area contributed by atoms with E-state index in [1.807, 2.05) is 6.92 Å². The Bertz CT molecular complexity index is 873. The molecule has 146 valence electrons. The zero-order chi connectivity index (χ0) is 19.9. The molecule has 0 aliphatic carbocycles. The number of nitrogens with one attached hydrogen (secondary N) is 1. The van der Waals surface area contributed by atoms with E-state index >= 15 is 0 Å². The van der Waals surface area contributed by atoms with Crippen LogP contribution in [0.15, 0.2) is 53.4 Å². The molecule has 0 spiro atoms. The van der Waals surface area contributed by atoms with E-state index in [0.29, 0.717) is 12.3 Å². The largest absolute Gasteiger partial charge is 0.495 e. The second-order valence-corrected chi connectivity index (χ2v) is 8.12. The summed E-state index contributed by atoms with van der Waals surface area (Å²) in [6.45, 7) is 2.17. The number of hydrogen-bond acceptors (Lipinski definition) is 4. The van der Waals surface area contributed by atoms with Gasteiger partial charge in [-0.15, -0.1) is 0 Å². The van der Waals surface area contributed by atoms with Gasteiger partial charge in [0.05, 0.1) is 22.7 Å². The number of ether oxygens (including phenoxy) is 1. The molecule has 0 aromatic heterocycles. The summed E-state index contributed by atoms with van der Waals surface area (Å²) in [5.74, 6) is 0.0415. The molecule has 0 fully saturated rings. The maximum absolute atomic E-state index is 13.1. The number of rotatable bonds is 9. The molecule has 1 amide bonds. The highest BCUT2D eigenvalue weighted by atomic mass is 35.5. The van der Waals surface area contributed by atoms with Crippen LogP contribution < -0.4 is 14.4 Å². The zero-order valence-electron chi connectivity index (χ0n) is 15.3. The van der Waals surface area contributed by atoms with E-state index in [1.54, 1.807) is 30.3 Å². The van der Waals surface area contributed by atoms with Gasteiger partial charge in [0.25, 0.3) is 10.0 Å². The van der Waals surface area contributed by atoms with Crippen LogP contribution in [0.5, 0.6) is 5.75 Å². The zero-order valence-corrected chi connectivity index (χ0v) is 16.9. The third-order valence-electron chi connectivity index (χ3n) is 3.89. The second-order valence-electron chi connectivity index (χ2n) is 5.85. The highest BCUT2D eigenvalue weighted by Gasteiger charge is 2.27. The fraction of sp³-hybridized carbons (Fsp3) is 0.316. The van der Waals surface area contributed by atoms with Crippen molar-refractivity contribution in [1.29, 1.82) is 0 Å². The first kappa shape index (κ1) is 21.1. The van der Waals surface area contributed by atoms with Crippen LogP contribution in [-0.2, 0) is 14.8 Å². The van der Waals surface area contributed by atoms with E-state index in [9.17, 15) is 13.2 Å². The molecule has 0 bridgehead atoms. The quantitative estimate of drug-likeness (QED) is 0.642. The molecular weight excluding hydrogens is 388 g/mol. The summed E-state index contributed by atoms with van der Waals surface area (Å²) >= 11 is 6.16. The first-order chi connectivity index (χ1) is 12.9. The molecule has 0 radical (unpaired) electrons. The number of methoxy groups -OCH3 is 1. The number of carbonyl (C=O) groups excluding carboxylic acids is 1. The van der Waals surface area contributed by atoms with E-state index in [0.717, 1.165) is 17.1 Å². The standard InChI is InChI=1S/C19H23ClN2O4S/c1-3-4-12-21-19(23)14-22(15-10-11-18(26-2)17(20)13-15)27(24,25)16-8-6-5-7-9-16/h5-11,13H,3-4,12,14H2,1-2H3,(H,21,23). The van der Waals surface area contributed by atoms with Gasteiger partial charge in [0, 0.05) is 6.54 Å². The minimum atomic E-state index is -3.94. The van der Waals surface area contributed by atoms with Crippen LogP contribution in [0, 0.1) is 0 Å². The maximum atomic E-state index is 13.1. The minimum absolute atomic E-state index is 0.0956. The van der Waals surface area contributed by atoms with Gasteiger partial charge in [0.15, 0.2) is 0 Å². The molecule has 0 aliphatic rings. The molecule has 2 aromatic rings. The Morgan fingerprint density at radius 2 is 1.89 bits per heavy atom. The van der Waals surface area contributed by atoms with Crippen molar-refractivity contribution < 1.29 is 17.9 Å². The number of unbranched alkanes of at least 4 members (excludes halogenated alkanes) is 1. The van der Waals surface area contributed by atoms with Crippen LogP contribution >= 0.6 is 11.6 Å². The summed E-state index contributed by atoms with van der Waals surface area (Å²) in [5, 5.41) is 3.00. The van der Waals surface area contributed by atoms with E-state index in [2.05, 4.69) is 5.32 Å². The van der Waals surface area contributed by atoms with Gasteiger partial charge >= 0.3 is 0 Å². The molecule has 0 unspecified atom stereocenters. The van der Waals surface area contributed by atoms with Crippen molar-refractivity contribution in [2.45, 2.75) is 24.7 Å². The SMILES string of the molecule is CCCCNC(=O)CN(c1ccc(OC)c(Cl)c1)S(=O)(=O)c1ccccc1. The third kappa shape index (κ3) is 5.37. The number of nitrogens with zero attached hydrogens (tertiary/aromatic N) is 1. The van der Waals surface area contributed by atoms with Crippen LogP contribution in [0.1, 0.15) is 19.8 Å². The van der Waals surface area contributed by atoms with Gasteiger partial charge in [-0.3, -0.25) is 9.10 Å². The van der Waals surface area contributed by atoms with Crippen LogP contribution in [0.4, 0.5) is 5.69 Å². The van der Waals surface area contributed by atoms with Crippen LogP contribution in [0.25, 0.3) is 0 Å². The van der Waals surface area contributed by atoms with E-state index in [4.69, 9.17) is 16.3 Å². The lowest BCUT2D eigenvalue weighted by molar-refractivity contribution is -0.119. The number of halogens is 1. The van der Waals surface area contributed by atoms with Gasteiger partial charge in [-0.1, -0.05) is 43.1 Å². The first-order valence-corrected chi connectivity index (χ1v) is 10.4.